The van der Waals surface area contributed by atoms with Crippen LogP contribution in [0.5, 0.6) is 11.5 Å². The number of nitro benzene ring substituents is 1. The summed E-state index contributed by atoms with van der Waals surface area (Å²) in [6, 6.07) is 17.2. The Morgan fingerprint density at radius 3 is 2.35 bits per heavy atom. The van der Waals surface area contributed by atoms with Gasteiger partial charge < -0.3 is 9.47 Å². The van der Waals surface area contributed by atoms with Crippen LogP contribution in [0.25, 0.3) is 6.08 Å². The molecule has 0 saturated heterocycles. The lowest BCUT2D eigenvalue weighted by molar-refractivity contribution is -0.384. The highest BCUT2D eigenvalue weighted by Crippen LogP contribution is 2.24. The normalized spacial score (nSPS) is 10.6. The molecule has 0 aliphatic heterocycles. The number of nitrogens with zero attached hydrogens (tertiary/aromatic N) is 1. The molecule has 7 heteroatoms. The molecule has 7 nitrogen and oxygen atoms in total. The molecule has 0 atom stereocenters. The van der Waals surface area contributed by atoms with Crippen LogP contribution in [0, 0.1) is 17.0 Å². The van der Waals surface area contributed by atoms with Gasteiger partial charge in [0.25, 0.3) is 5.69 Å². The Balaban J connectivity index is 1.84. The molecule has 0 bridgehead atoms. The van der Waals surface area contributed by atoms with E-state index in [1.165, 1.54) is 30.3 Å². The Hall–Kier alpha value is -4.26. The fourth-order valence-corrected chi connectivity index (χ4v) is 2.86. The van der Waals surface area contributed by atoms with Crippen LogP contribution in [-0.4, -0.2) is 23.8 Å². The maximum atomic E-state index is 12.8. The Morgan fingerprint density at radius 1 is 0.968 bits per heavy atom. The molecule has 0 heterocycles. The molecule has 0 amide bonds. The van der Waals surface area contributed by atoms with E-state index in [4.69, 9.17) is 9.47 Å². The van der Waals surface area contributed by atoms with E-state index in [0.29, 0.717) is 5.75 Å². The van der Waals surface area contributed by atoms with Crippen LogP contribution in [-0.2, 0) is 0 Å². The predicted octanol–water partition coefficient (Wildman–Crippen LogP) is 5.03. The summed E-state index contributed by atoms with van der Waals surface area (Å²) >= 11 is 0. The number of methoxy groups -OCH3 is 1. The first kappa shape index (κ1) is 21.4. The van der Waals surface area contributed by atoms with Gasteiger partial charge in [0, 0.05) is 17.7 Å². The number of esters is 1. The first-order valence-electron chi connectivity index (χ1n) is 9.32. The maximum Gasteiger partial charge on any atom is 0.343 e. The van der Waals surface area contributed by atoms with Crippen LogP contribution < -0.4 is 9.47 Å². The smallest absolute Gasteiger partial charge is 0.343 e. The van der Waals surface area contributed by atoms with E-state index in [2.05, 4.69) is 0 Å². The molecule has 0 spiro atoms. The summed E-state index contributed by atoms with van der Waals surface area (Å²) in [7, 11) is 1.55. The van der Waals surface area contributed by atoms with Crippen molar-refractivity contribution in [1.29, 1.82) is 0 Å². The van der Waals surface area contributed by atoms with Gasteiger partial charge in [0.15, 0.2) is 5.78 Å². The van der Waals surface area contributed by atoms with Gasteiger partial charge in [-0.25, -0.2) is 4.79 Å². The summed E-state index contributed by atoms with van der Waals surface area (Å²) in [6.07, 6.45) is 3.02. The first-order chi connectivity index (χ1) is 14.9. The fraction of sp³-hybridized carbons (Fsp3) is 0.0833. The second-order valence-corrected chi connectivity index (χ2v) is 6.63. The van der Waals surface area contributed by atoms with Crippen molar-refractivity contribution in [3.05, 3.63) is 105 Å². The first-order valence-corrected chi connectivity index (χ1v) is 9.32. The van der Waals surface area contributed by atoms with Gasteiger partial charge in [0.05, 0.1) is 23.2 Å². The van der Waals surface area contributed by atoms with Crippen LogP contribution in [0.3, 0.4) is 0 Å². The number of para-hydroxylation sites is 1. The van der Waals surface area contributed by atoms with Gasteiger partial charge in [0.2, 0.25) is 0 Å². The van der Waals surface area contributed by atoms with Crippen LogP contribution in [0.1, 0.15) is 31.8 Å². The molecule has 0 unspecified atom stereocenters. The van der Waals surface area contributed by atoms with E-state index in [1.807, 2.05) is 25.1 Å². The van der Waals surface area contributed by atoms with Crippen molar-refractivity contribution < 1.29 is 24.0 Å². The molecule has 156 valence electrons. The standard InChI is InChI=1S/C24H19NO6/c1-16-7-14-23(31-24(27)18-8-11-19(12-9-18)25(28)29)20(15-16)21(26)13-10-17-5-3-4-6-22(17)30-2/h3-15H,1-2H3/b13-10+. The van der Waals surface area contributed by atoms with E-state index in [1.54, 1.807) is 37.5 Å². The van der Waals surface area contributed by atoms with Crippen molar-refractivity contribution >= 4 is 23.5 Å². The largest absolute Gasteiger partial charge is 0.496 e. The van der Waals surface area contributed by atoms with Crippen molar-refractivity contribution in [2.24, 2.45) is 0 Å². The summed E-state index contributed by atoms with van der Waals surface area (Å²) in [5, 5.41) is 10.8. The van der Waals surface area contributed by atoms with E-state index >= 15 is 0 Å². The number of non-ortho nitro benzene ring substituents is 1. The number of ether oxygens (including phenoxy) is 2. The van der Waals surface area contributed by atoms with Crippen LogP contribution in [0.15, 0.2) is 72.8 Å². The van der Waals surface area contributed by atoms with Crippen LogP contribution in [0.4, 0.5) is 5.69 Å². The highest BCUT2D eigenvalue weighted by molar-refractivity contribution is 6.09. The summed E-state index contributed by atoms with van der Waals surface area (Å²) in [5.41, 5.74) is 1.78. The minimum absolute atomic E-state index is 0.101. The van der Waals surface area contributed by atoms with Gasteiger partial charge in [-0.2, -0.15) is 0 Å². The topological polar surface area (TPSA) is 95.7 Å². The lowest BCUT2D eigenvalue weighted by Crippen LogP contribution is -2.11. The second kappa shape index (κ2) is 9.49. The molecule has 0 radical (unpaired) electrons. The Labute approximate surface area is 178 Å². The van der Waals surface area contributed by atoms with Gasteiger partial charge in [0.1, 0.15) is 11.5 Å². The molecule has 3 aromatic rings. The average Bonchev–Trinajstić information content (AvgIpc) is 2.78. The third-order valence-corrected chi connectivity index (χ3v) is 4.47. The molecule has 3 aromatic carbocycles. The fourth-order valence-electron chi connectivity index (χ4n) is 2.86. The zero-order valence-electron chi connectivity index (χ0n) is 16.9. The molecule has 0 N–H and O–H groups in total. The zero-order chi connectivity index (χ0) is 22.4. The lowest BCUT2D eigenvalue weighted by Gasteiger charge is -2.09. The second-order valence-electron chi connectivity index (χ2n) is 6.63. The number of allylic oxidation sites excluding steroid dienone is 1. The zero-order valence-corrected chi connectivity index (χ0v) is 16.9. The van der Waals surface area contributed by atoms with Crippen molar-refractivity contribution in [2.45, 2.75) is 6.92 Å². The van der Waals surface area contributed by atoms with Gasteiger partial charge in [-0.15, -0.1) is 0 Å². The van der Waals surface area contributed by atoms with Crippen LogP contribution in [0.2, 0.25) is 0 Å². The summed E-state index contributed by atoms with van der Waals surface area (Å²) in [4.78, 5) is 35.5. The molecule has 0 aliphatic carbocycles. The molecule has 31 heavy (non-hydrogen) atoms. The molecular weight excluding hydrogens is 398 g/mol. The highest BCUT2D eigenvalue weighted by atomic mass is 16.6. The van der Waals surface area contributed by atoms with E-state index < -0.39 is 10.9 Å². The third-order valence-electron chi connectivity index (χ3n) is 4.47. The molecule has 0 fully saturated rings. The minimum atomic E-state index is -0.721. The number of ketones is 1. The van der Waals surface area contributed by atoms with Crippen molar-refractivity contribution in [1.82, 2.24) is 0 Å². The predicted molar refractivity (Wildman–Crippen MR) is 116 cm³/mol. The van der Waals surface area contributed by atoms with Gasteiger partial charge in [-0.3, -0.25) is 14.9 Å². The monoisotopic (exact) mass is 417 g/mol. The number of carbonyl (C=O) groups is 2. The quantitative estimate of drug-likeness (QED) is 0.134. The van der Waals surface area contributed by atoms with E-state index in [9.17, 15) is 19.7 Å². The Kier molecular flexibility index (Phi) is 6.57. The van der Waals surface area contributed by atoms with Crippen molar-refractivity contribution in [2.75, 3.05) is 7.11 Å². The maximum absolute atomic E-state index is 12.8. The number of hydrogen-bond donors (Lipinski definition) is 0. The summed E-state index contributed by atoms with van der Waals surface area (Å²) < 4.78 is 10.7. The molecule has 0 aromatic heterocycles. The number of rotatable bonds is 7. The Bertz CT molecular complexity index is 1160. The average molecular weight is 417 g/mol. The number of nitro groups is 1. The van der Waals surface area contributed by atoms with Gasteiger partial charge in [-0.1, -0.05) is 29.8 Å². The third kappa shape index (κ3) is 5.22. The summed E-state index contributed by atoms with van der Waals surface area (Å²) in [5.74, 6) is -0.341. The number of benzene rings is 3. The summed E-state index contributed by atoms with van der Waals surface area (Å²) in [6.45, 7) is 1.82. The van der Waals surface area contributed by atoms with Gasteiger partial charge in [-0.05, 0) is 49.4 Å². The number of aryl methyl sites for hydroxylation is 1. The molecule has 0 saturated carbocycles. The molecule has 0 aliphatic rings. The van der Waals surface area contributed by atoms with E-state index in [0.717, 1.165) is 11.1 Å². The minimum Gasteiger partial charge on any atom is -0.496 e. The highest BCUT2D eigenvalue weighted by Gasteiger charge is 2.16. The van der Waals surface area contributed by atoms with E-state index in [-0.39, 0.29) is 28.3 Å². The van der Waals surface area contributed by atoms with Crippen molar-refractivity contribution in [3.63, 3.8) is 0 Å². The van der Waals surface area contributed by atoms with Crippen LogP contribution >= 0.6 is 0 Å². The molecular formula is C24H19NO6. The Morgan fingerprint density at radius 2 is 1.68 bits per heavy atom. The molecule has 3 rings (SSSR count). The van der Waals surface area contributed by atoms with Gasteiger partial charge >= 0.3 is 5.97 Å². The van der Waals surface area contributed by atoms with Crippen molar-refractivity contribution in [3.8, 4) is 11.5 Å². The number of carbonyl (C=O) groups excluding carboxylic acids is 2. The number of hydrogen-bond acceptors (Lipinski definition) is 6. The lowest BCUT2D eigenvalue weighted by atomic mass is 10.0. The SMILES string of the molecule is COc1ccccc1/C=C/C(=O)c1cc(C)ccc1OC(=O)c1ccc([N+](=O)[O-])cc1.